The highest BCUT2D eigenvalue weighted by Crippen LogP contribution is 2.33. The highest BCUT2D eigenvalue weighted by atomic mass is 19.1. The van der Waals surface area contributed by atoms with Gasteiger partial charge in [0.2, 0.25) is 0 Å². The van der Waals surface area contributed by atoms with Crippen LogP contribution in [0.25, 0.3) is 0 Å². The number of ether oxygens (including phenoxy) is 1. The molecule has 0 radical (unpaired) electrons. The fourth-order valence-corrected chi connectivity index (χ4v) is 2.39. The van der Waals surface area contributed by atoms with Crippen molar-refractivity contribution in [1.82, 2.24) is 5.32 Å². The molecule has 0 bridgehead atoms. The Bertz CT molecular complexity index is 625. The SMILES string of the molecule is CCNC(C)c1c(F)cccc1Oc1cccc(C)c1C. The summed E-state index contributed by atoms with van der Waals surface area (Å²) in [6.45, 7) is 8.77. The van der Waals surface area contributed by atoms with Gasteiger partial charge >= 0.3 is 0 Å². The van der Waals surface area contributed by atoms with Crippen LogP contribution in [-0.4, -0.2) is 6.54 Å². The number of rotatable bonds is 5. The van der Waals surface area contributed by atoms with Gasteiger partial charge in [-0.05, 0) is 56.6 Å². The van der Waals surface area contributed by atoms with E-state index in [1.165, 1.54) is 6.07 Å². The smallest absolute Gasteiger partial charge is 0.135 e. The third-order valence-corrected chi connectivity index (χ3v) is 3.73. The van der Waals surface area contributed by atoms with E-state index < -0.39 is 0 Å². The maximum atomic E-state index is 14.2. The van der Waals surface area contributed by atoms with Crippen LogP contribution in [0.5, 0.6) is 11.5 Å². The van der Waals surface area contributed by atoms with Crippen LogP contribution in [0.15, 0.2) is 36.4 Å². The molecule has 1 unspecified atom stereocenters. The van der Waals surface area contributed by atoms with Gasteiger partial charge < -0.3 is 10.1 Å². The van der Waals surface area contributed by atoms with Gasteiger partial charge in [0, 0.05) is 11.6 Å². The predicted octanol–water partition coefficient (Wildman–Crippen LogP) is 4.91. The third kappa shape index (κ3) is 3.42. The van der Waals surface area contributed by atoms with Crippen molar-refractivity contribution in [3.63, 3.8) is 0 Å². The van der Waals surface area contributed by atoms with Crippen LogP contribution in [-0.2, 0) is 0 Å². The molecule has 1 atom stereocenters. The molecular formula is C18H22FNO. The van der Waals surface area contributed by atoms with Gasteiger partial charge in [0.25, 0.3) is 0 Å². The molecule has 0 aromatic heterocycles. The largest absolute Gasteiger partial charge is 0.457 e. The Morgan fingerprint density at radius 1 is 1.10 bits per heavy atom. The van der Waals surface area contributed by atoms with E-state index in [0.717, 1.165) is 23.4 Å². The Hall–Kier alpha value is -1.87. The van der Waals surface area contributed by atoms with Crippen LogP contribution in [0.1, 0.15) is 36.6 Å². The standard InChI is InChI=1S/C18H22FNO/c1-5-20-14(4)18-15(19)9-7-11-17(18)21-16-10-6-8-12(2)13(16)3/h6-11,14,20H,5H2,1-4H3. The highest BCUT2D eigenvalue weighted by Gasteiger charge is 2.17. The molecule has 2 nitrogen and oxygen atoms in total. The van der Waals surface area contributed by atoms with Crippen molar-refractivity contribution in [2.75, 3.05) is 6.54 Å². The molecule has 0 amide bonds. The second kappa shape index (κ2) is 6.72. The Morgan fingerprint density at radius 3 is 2.48 bits per heavy atom. The summed E-state index contributed by atoms with van der Waals surface area (Å²) in [6.07, 6.45) is 0. The van der Waals surface area contributed by atoms with Crippen LogP contribution in [0.2, 0.25) is 0 Å². The molecule has 0 saturated carbocycles. The van der Waals surface area contributed by atoms with Crippen molar-refractivity contribution >= 4 is 0 Å². The molecule has 0 fully saturated rings. The summed E-state index contributed by atoms with van der Waals surface area (Å²) in [4.78, 5) is 0. The van der Waals surface area contributed by atoms with E-state index in [0.29, 0.717) is 11.3 Å². The Labute approximate surface area is 126 Å². The van der Waals surface area contributed by atoms with E-state index in [9.17, 15) is 4.39 Å². The molecule has 21 heavy (non-hydrogen) atoms. The Morgan fingerprint density at radius 2 is 1.76 bits per heavy atom. The van der Waals surface area contributed by atoms with Gasteiger partial charge in [-0.15, -0.1) is 0 Å². The van der Waals surface area contributed by atoms with E-state index in [2.05, 4.69) is 5.32 Å². The predicted molar refractivity (Wildman–Crippen MR) is 84.5 cm³/mol. The van der Waals surface area contributed by atoms with Crippen molar-refractivity contribution < 1.29 is 9.13 Å². The average Bonchev–Trinajstić information content (AvgIpc) is 2.44. The number of benzene rings is 2. The maximum Gasteiger partial charge on any atom is 0.135 e. The lowest BCUT2D eigenvalue weighted by molar-refractivity contribution is 0.445. The molecule has 0 aliphatic heterocycles. The van der Waals surface area contributed by atoms with E-state index in [4.69, 9.17) is 4.74 Å². The van der Waals surface area contributed by atoms with Crippen molar-refractivity contribution in [3.05, 3.63) is 58.9 Å². The first kappa shape index (κ1) is 15.5. The molecule has 0 aliphatic carbocycles. The number of hydrogen-bond acceptors (Lipinski definition) is 2. The van der Waals surface area contributed by atoms with E-state index in [1.54, 1.807) is 6.07 Å². The molecule has 2 rings (SSSR count). The lowest BCUT2D eigenvalue weighted by Crippen LogP contribution is -2.19. The highest BCUT2D eigenvalue weighted by molar-refractivity contribution is 5.45. The van der Waals surface area contributed by atoms with Gasteiger partial charge in [-0.2, -0.15) is 0 Å². The molecule has 3 heteroatoms. The number of hydrogen-bond donors (Lipinski definition) is 1. The number of nitrogens with one attached hydrogen (secondary N) is 1. The fourth-order valence-electron chi connectivity index (χ4n) is 2.39. The minimum Gasteiger partial charge on any atom is -0.457 e. The minimum absolute atomic E-state index is 0.101. The lowest BCUT2D eigenvalue weighted by Gasteiger charge is -2.19. The fraction of sp³-hybridized carbons (Fsp3) is 0.333. The zero-order chi connectivity index (χ0) is 15.4. The average molecular weight is 287 g/mol. The molecule has 0 heterocycles. The molecule has 1 N–H and O–H groups in total. The van der Waals surface area contributed by atoms with Crippen LogP contribution in [0.3, 0.4) is 0 Å². The van der Waals surface area contributed by atoms with Crippen molar-refractivity contribution in [3.8, 4) is 11.5 Å². The summed E-state index contributed by atoms with van der Waals surface area (Å²) in [5.74, 6) is 1.09. The molecule has 0 spiro atoms. The number of halogens is 1. The van der Waals surface area contributed by atoms with Crippen LogP contribution in [0.4, 0.5) is 4.39 Å². The molecule has 112 valence electrons. The summed E-state index contributed by atoms with van der Waals surface area (Å²) in [7, 11) is 0. The Balaban J connectivity index is 2.40. The van der Waals surface area contributed by atoms with Gasteiger partial charge in [0.15, 0.2) is 0 Å². The van der Waals surface area contributed by atoms with Gasteiger partial charge in [-0.3, -0.25) is 0 Å². The zero-order valence-electron chi connectivity index (χ0n) is 13.0. The first-order valence-corrected chi connectivity index (χ1v) is 7.30. The van der Waals surface area contributed by atoms with E-state index in [-0.39, 0.29) is 11.9 Å². The topological polar surface area (TPSA) is 21.3 Å². The first-order valence-electron chi connectivity index (χ1n) is 7.30. The van der Waals surface area contributed by atoms with Gasteiger partial charge in [0.1, 0.15) is 17.3 Å². The second-order valence-electron chi connectivity index (χ2n) is 5.23. The normalized spacial score (nSPS) is 12.2. The third-order valence-electron chi connectivity index (χ3n) is 3.73. The summed E-state index contributed by atoms with van der Waals surface area (Å²) in [5.41, 5.74) is 2.80. The second-order valence-corrected chi connectivity index (χ2v) is 5.23. The summed E-state index contributed by atoms with van der Waals surface area (Å²) < 4.78 is 20.2. The van der Waals surface area contributed by atoms with Crippen molar-refractivity contribution in [2.45, 2.75) is 33.7 Å². The van der Waals surface area contributed by atoms with Crippen molar-refractivity contribution in [2.24, 2.45) is 0 Å². The summed E-state index contributed by atoms with van der Waals surface area (Å²) in [6, 6.07) is 10.8. The van der Waals surface area contributed by atoms with Gasteiger partial charge in [-0.1, -0.05) is 25.1 Å². The van der Waals surface area contributed by atoms with E-state index in [1.807, 2.05) is 52.0 Å². The summed E-state index contributed by atoms with van der Waals surface area (Å²) in [5, 5.41) is 3.23. The van der Waals surface area contributed by atoms with Crippen LogP contribution in [0, 0.1) is 19.7 Å². The molecular weight excluding hydrogens is 265 g/mol. The minimum atomic E-state index is -0.244. The summed E-state index contributed by atoms with van der Waals surface area (Å²) >= 11 is 0. The molecule has 0 saturated heterocycles. The van der Waals surface area contributed by atoms with Crippen LogP contribution >= 0.6 is 0 Å². The number of aryl methyl sites for hydroxylation is 1. The van der Waals surface area contributed by atoms with Gasteiger partial charge in [0.05, 0.1) is 0 Å². The first-order chi connectivity index (χ1) is 10.0. The monoisotopic (exact) mass is 287 g/mol. The zero-order valence-corrected chi connectivity index (χ0v) is 13.0. The lowest BCUT2D eigenvalue weighted by atomic mass is 10.1. The quantitative estimate of drug-likeness (QED) is 0.844. The molecule has 2 aromatic rings. The molecule has 0 aliphatic rings. The van der Waals surface area contributed by atoms with Crippen molar-refractivity contribution in [1.29, 1.82) is 0 Å². The van der Waals surface area contributed by atoms with Crippen LogP contribution < -0.4 is 10.1 Å². The molecule has 2 aromatic carbocycles. The maximum absolute atomic E-state index is 14.2. The van der Waals surface area contributed by atoms with E-state index >= 15 is 0 Å². The Kier molecular flexibility index (Phi) is 4.97. The van der Waals surface area contributed by atoms with Gasteiger partial charge in [-0.25, -0.2) is 4.39 Å².